The fourth-order valence-electron chi connectivity index (χ4n) is 4.35. The molecule has 0 bridgehead atoms. The highest BCUT2D eigenvalue weighted by atomic mass is 16.3. The van der Waals surface area contributed by atoms with Crippen LogP contribution < -0.4 is 4.90 Å². The maximum atomic E-state index is 9.60. The molecule has 1 unspecified atom stereocenters. The van der Waals surface area contributed by atoms with Crippen molar-refractivity contribution in [2.75, 3.05) is 31.1 Å². The number of nitrogens with zero attached hydrogens (tertiary/aromatic N) is 2. The molecule has 0 radical (unpaired) electrons. The van der Waals surface area contributed by atoms with Crippen molar-refractivity contribution >= 4 is 5.69 Å². The number of aliphatic hydroxyl groups excluding tert-OH is 1. The molecule has 2 aliphatic heterocycles. The first-order valence-corrected chi connectivity index (χ1v) is 9.46. The van der Waals surface area contributed by atoms with Crippen LogP contribution in [0.5, 0.6) is 0 Å². The molecule has 0 spiro atoms. The molecule has 1 atom stereocenters. The highest BCUT2D eigenvalue weighted by Crippen LogP contribution is 2.46. The molecule has 3 aliphatic rings. The molecule has 1 aromatic rings. The Morgan fingerprint density at radius 1 is 1.04 bits per heavy atom. The van der Waals surface area contributed by atoms with E-state index >= 15 is 0 Å². The van der Waals surface area contributed by atoms with Gasteiger partial charge in [-0.25, -0.2) is 0 Å². The molecule has 3 heteroatoms. The van der Waals surface area contributed by atoms with Gasteiger partial charge in [0.2, 0.25) is 0 Å². The van der Waals surface area contributed by atoms with Crippen molar-refractivity contribution in [3.8, 4) is 0 Å². The number of hydrogen-bond acceptors (Lipinski definition) is 3. The predicted octanol–water partition coefficient (Wildman–Crippen LogP) is 3.67. The van der Waals surface area contributed by atoms with E-state index < -0.39 is 0 Å². The fourth-order valence-corrected chi connectivity index (χ4v) is 4.35. The Morgan fingerprint density at radius 3 is 2.71 bits per heavy atom. The number of hydrogen-bond donors (Lipinski definition) is 1. The van der Waals surface area contributed by atoms with Crippen LogP contribution in [0.4, 0.5) is 5.69 Å². The third-order valence-corrected chi connectivity index (χ3v) is 5.71. The Morgan fingerprint density at radius 2 is 1.83 bits per heavy atom. The van der Waals surface area contributed by atoms with Gasteiger partial charge in [-0.1, -0.05) is 30.4 Å². The van der Waals surface area contributed by atoms with Gasteiger partial charge in [0.05, 0.1) is 6.10 Å². The summed E-state index contributed by atoms with van der Waals surface area (Å²) in [4.78, 5) is 5.06. The van der Waals surface area contributed by atoms with Crippen LogP contribution >= 0.6 is 0 Å². The van der Waals surface area contributed by atoms with Crippen molar-refractivity contribution < 1.29 is 5.11 Å². The van der Waals surface area contributed by atoms with E-state index in [4.69, 9.17) is 0 Å². The molecule has 0 amide bonds. The van der Waals surface area contributed by atoms with E-state index in [9.17, 15) is 5.11 Å². The third kappa shape index (κ3) is 3.15. The molecule has 3 nitrogen and oxygen atoms in total. The average molecular weight is 324 g/mol. The number of likely N-dealkylation sites (tertiary alicyclic amines) is 1. The predicted molar refractivity (Wildman–Crippen MR) is 99.3 cm³/mol. The van der Waals surface area contributed by atoms with Crippen molar-refractivity contribution in [3.05, 3.63) is 53.8 Å². The summed E-state index contributed by atoms with van der Waals surface area (Å²) in [5, 5.41) is 9.60. The molecule has 128 valence electrons. The Bertz CT molecular complexity index is 628. The molecule has 4 rings (SSSR count). The number of benzene rings is 1. The summed E-state index contributed by atoms with van der Waals surface area (Å²) in [5.41, 5.74) is 4.40. The molecular weight excluding hydrogens is 296 g/mol. The second-order valence-electron chi connectivity index (χ2n) is 7.30. The van der Waals surface area contributed by atoms with E-state index in [0.29, 0.717) is 5.92 Å². The minimum Gasteiger partial charge on any atom is -0.393 e. The van der Waals surface area contributed by atoms with Gasteiger partial charge in [-0.3, -0.25) is 0 Å². The molecule has 1 aromatic carbocycles. The van der Waals surface area contributed by atoms with Gasteiger partial charge in [0.25, 0.3) is 0 Å². The van der Waals surface area contributed by atoms with E-state index in [2.05, 4.69) is 52.3 Å². The number of unbranched alkanes of at least 4 members (excludes halogenated alkanes) is 1. The number of aliphatic hydroxyl groups is 1. The molecule has 2 heterocycles. The van der Waals surface area contributed by atoms with Crippen LogP contribution in [0.25, 0.3) is 0 Å². The average Bonchev–Trinajstić information content (AvgIpc) is 2.95. The maximum absolute atomic E-state index is 9.60. The molecule has 1 saturated heterocycles. The van der Waals surface area contributed by atoms with E-state index in [0.717, 1.165) is 38.9 Å². The first kappa shape index (κ1) is 15.9. The summed E-state index contributed by atoms with van der Waals surface area (Å²) in [5.74, 6) is 0.565. The zero-order valence-electron chi connectivity index (χ0n) is 14.4. The van der Waals surface area contributed by atoms with E-state index in [1.165, 1.54) is 36.3 Å². The van der Waals surface area contributed by atoms with Crippen molar-refractivity contribution in [2.24, 2.45) is 0 Å². The number of rotatable bonds is 5. The molecule has 0 aromatic heterocycles. The summed E-state index contributed by atoms with van der Waals surface area (Å²) in [6.45, 7) is 4.41. The highest BCUT2D eigenvalue weighted by molar-refractivity contribution is 5.69. The number of fused-ring (bicyclic) bond motifs is 3. The zero-order chi connectivity index (χ0) is 16.4. The van der Waals surface area contributed by atoms with Crippen molar-refractivity contribution in [1.29, 1.82) is 0 Å². The lowest BCUT2D eigenvalue weighted by Gasteiger charge is -2.30. The Balaban J connectivity index is 1.34. The molecule has 1 fully saturated rings. The minimum atomic E-state index is -0.0643. The monoisotopic (exact) mass is 324 g/mol. The zero-order valence-corrected chi connectivity index (χ0v) is 14.4. The topological polar surface area (TPSA) is 26.7 Å². The van der Waals surface area contributed by atoms with Crippen molar-refractivity contribution in [2.45, 2.75) is 44.1 Å². The number of allylic oxidation sites excluding steroid dienone is 4. The van der Waals surface area contributed by atoms with Crippen LogP contribution in [0.1, 0.15) is 43.6 Å². The third-order valence-electron chi connectivity index (χ3n) is 5.71. The number of anilines is 1. The van der Waals surface area contributed by atoms with Gasteiger partial charge in [0.15, 0.2) is 0 Å². The smallest absolute Gasteiger partial charge is 0.0564 e. The van der Waals surface area contributed by atoms with Gasteiger partial charge >= 0.3 is 0 Å². The largest absolute Gasteiger partial charge is 0.393 e. The fraction of sp³-hybridized carbons (Fsp3) is 0.524. The van der Waals surface area contributed by atoms with Crippen LogP contribution in [0, 0.1) is 0 Å². The van der Waals surface area contributed by atoms with E-state index in [1.54, 1.807) is 0 Å². The van der Waals surface area contributed by atoms with Gasteiger partial charge in [0.1, 0.15) is 0 Å². The first-order chi connectivity index (χ1) is 11.8. The van der Waals surface area contributed by atoms with Gasteiger partial charge in [-0.2, -0.15) is 0 Å². The lowest BCUT2D eigenvalue weighted by Crippen LogP contribution is -2.36. The number of para-hydroxylation sites is 1. The van der Waals surface area contributed by atoms with E-state index in [1.807, 2.05) is 0 Å². The van der Waals surface area contributed by atoms with Crippen molar-refractivity contribution in [1.82, 2.24) is 4.90 Å². The minimum absolute atomic E-state index is 0.0643. The molecular formula is C21H28N2O. The molecule has 24 heavy (non-hydrogen) atoms. The standard InChI is InChI=1S/C21H28N2O/c24-17-11-15-22(16-12-17)13-5-6-14-23-20-9-3-1-7-18(20)19-8-2-4-10-21(19)23/h1-4,7,9-10,17,19,24H,5-6,8,11-16H2. The lowest BCUT2D eigenvalue weighted by molar-refractivity contribution is 0.0819. The Kier molecular flexibility index (Phi) is 4.72. The summed E-state index contributed by atoms with van der Waals surface area (Å²) >= 11 is 0. The van der Waals surface area contributed by atoms with Crippen molar-refractivity contribution in [3.63, 3.8) is 0 Å². The molecule has 1 N–H and O–H groups in total. The molecule has 1 aliphatic carbocycles. The van der Waals surface area contributed by atoms with Gasteiger partial charge in [-0.05, 0) is 56.4 Å². The first-order valence-electron chi connectivity index (χ1n) is 9.46. The second-order valence-corrected chi connectivity index (χ2v) is 7.30. The Hall–Kier alpha value is -1.58. The Labute approximate surface area is 145 Å². The van der Waals surface area contributed by atoms with Crippen LogP contribution in [-0.2, 0) is 0 Å². The van der Waals surface area contributed by atoms with Crippen LogP contribution in [0.2, 0.25) is 0 Å². The maximum Gasteiger partial charge on any atom is 0.0564 e. The summed E-state index contributed by atoms with van der Waals surface area (Å²) in [6, 6.07) is 8.91. The summed E-state index contributed by atoms with van der Waals surface area (Å²) in [6.07, 6.45) is 12.2. The van der Waals surface area contributed by atoms with Gasteiger partial charge < -0.3 is 14.9 Å². The normalized spacial score (nSPS) is 24.0. The molecule has 0 saturated carbocycles. The highest BCUT2D eigenvalue weighted by Gasteiger charge is 2.32. The van der Waals surface area contributed by atoms with Gasteiger partial charge in [0, 0.05) is 36.9 Å². The SMILES string of the molecule is OC1CCN(CCCCN2C3=CC=CCC3c3ccccc32)CC1. The van der Waals surface area contributed by atoms with Gasteiger partial charge in [-0.15, -0.1) is 0 Å². The van der Waals surface area contributed by atoms with E-state index in [-0.39, 0.29) is 6.10 Å². The lowest BCUT2D eigenvalue weighted by atomic mass is 9.92. The van der Waals surface area contributed by atoms with Crippen LogP contribution in [0.15, 0.2) is 48.2 Å². The summed E-state index contributed by atoms with van der Waals surface area (Å²) < 4.78 is 0. The quantitative estimate of drug-likeness (QED) is 0.837. The number of piperidine rings is 1. The van der Waals surface area contributed by atoms with Crippen LogP contribution in [0.3, 0.4) is 0 Å². The van der Waals surface area contributed by atoms with Crippen LogP contribution in [-0.4, -0.2) is 42.3 Å². The second kappa shape index (κ2) is 7.12. The summed E-state index contributed by atoms with van der Waals surface area (Å²) in [7, 11) is 0.